The maximum Gasteiger partial charge on any atom is 0.453 e. The summed E-state index contributed by atoms with van der Waals surface area (Å²) >= 11 is 0. The Labute approximate surface area is 77.4 Å². The number of benzene rings is 1. The highest BCUT2D eigenvalue weighted by Gasteiger charge is 2.56. The van der Waals surface area contributed by atoms with Crippen molar-refractivity contribution in [3.63, 3.8) is 0 Å². The van der Waals surface area contributed by atoms with Crippen molar-refractivity contribution >= 4 is 0 Å². The molecule has 5 heteroatoms. The van der Waals surface area contributed by atoms with Gasteiger partial charge in [-0.15, -0.1) is 0 Å². The van der Waals surface area contributed by atoms with Gasteiger partial charge in [0.05, 0.1) is 0 Å². The minimum absolute atomic E-state index is 0.0326. The predicted molar refractivity (Wildman–Crippen MR) is 41.1 cm³/mol. The Hall–Kier alpha value is -1.13. The summed E-state index contributed by atoms with van der Waals surface area (Å²) in [5.41, 5.74) is -0.0326. The molecule has 78 valence electrons. The van der Waals surface area contributed by atoms with Gasteiger partial charge < -0.3 is 0 Å². The van der Waals surface area contributed by atoms with Crippen LogP contribution in [-0.4, -0.2) is 12.1 Å². The van der Waals surface area contributed by atoms with E-state index in [4.69, 9.17) is 0 Å². The summed E-state index contributed by atoms with van der Waals surface area (Å²) in [5, 5.41) is 0. The molecule has 0 bridgehead atoms. The predicted octanol–water partition coefficient (Wildman–Crippen LogP) is 3.43. The van der Waals surface area contributed by atoms with Crippen LogP contribution >= 0.6 is 0 Å². The van der Waals surface area contributed by atoms with Gasteiger partial charge in [-0.25, -0.2) is 0 Å². The highest BCUT2D eigenvalue weighted by Crippen LogP contribution is 2.37. The fraction of sp³-hybridized carbons (Fsp3) is 0.333. The van der Waals surface area contributed by atoms with E-state index in [1.165, 1.54) is 24.3 Å². The molecule has 0 fully saturated rings. The van der Waals surface area contributed by atoms with Gasteiger partial charge in [-0.05, 0) is 5.56 Å². The van der Waals surface area contributed by atoms with Gasteiger partial charge in [-0.2, -0.15) is 22.0 Å². The Balaban J connectivity index is 2.79. The normalized spacial score (nSPS) is 12.9. The number of hydrogen-bond donors (Lipinski definition) is 0. The fourth-order valence-electron chi connectivity index (χ4n) is 0.952. The molecule has 14 heavy (non-hydrogen) atoms. The van der Waals surface area contributed by atoms with Gasteiger partial charge in [-0.1, -0.05) is 30.3 Å². The smallest absolute Gasteiger partial charge is 0.196 e. The van der Waals surface area contributed by atoms with Gasteiger partial charge >= 0.3 is 12.1 Å². The number of alkyl halides is 5. The molecule has 1 aromatic rings. The van der Waals surface area contributed by atoms with E-state index < -0.39 is 18.5 Å². The molecular weight excluding hydrogens is 203 g/mol. The van der Waals surface area contributed by atoms with Crippen LogP contribution < -0.4 is 0 Å². The SMILES string of the molecule is FC(F)(F)C(F)(F)Cc1ccccc1. The third kappa shape index (κ3) is 2.43. The molecule has 0 spiro atoms. The van der Waals surface area contributed by atoms with Crippen molar-refractivity contribution in [2.75, 3.05) is 0 Å². The molecule has 0 atom stereocenters. The molecule has 1 rings (SSSR count). The van der Waals surface area contributed by atoms with E-state index >= 15 is 0 Å². The van der Waals surface area contributed by atoms with Crippen LogP contribution in [0.4, 0.5) is 22.0 Å². The molecule has 0 saturated carbocycles. The van der Waals surface area contributed by atoms with Crippen LogP contribution in [0.15, 0.2) is 30.3 Å². The van der Waals surface area contributed by atoms with Crippen LogP contribution in [0.3, 0.4) is 0 Å². The highest BCUT2D eigenvalue weighted by molar-refractivity contribution is 5.16. The largest absolute Gasteiger partial charge is 0.453 e. The van der Waals surface area contributed by atoms with Gasteiger partial charge in [0.2, 0.25) is 0 Å². The first-order chi connectivity index (χ1) is 6.33. The minimum atomic E-state index is -5.48. The quantitative estimate of drug-likeness (QED) is 0.656. The van der Waals surface area contributed by atoms with Crippen molar-refractivity contribution in [1.82, 2.24) is 0 Å². The van der Waals surface area contributed by atoms with Gasteiger partial charge in [-0.3, -0.25) is 0 Å². The molecule has 0 aliphatic carbocycles. The Morgan fingerprint density at radius 1 is 0.857 bits per heavy atom. The van der Waals surface area contributed by atoms with Gasteiger partial charge in [0.1, 0.15) is 0 Å². The van der Waals surface area contributed by atoms with Crippen LogP contribution in [-0.2, 0) is 6.42 Å². The lowest BCUT2D eigenvalue weighted by atomic mass is 10.1. The second-order valence-corrected chi connectivity index (χ2v) is 2.86. The summed E-state index contributed by atoms with van der Waals surface area (Å²) in [5.74, 6) is -4.66. The van der Waals surface area contributed by atoms with Crippen LogP contribution in [0.1, 0.15) is 5.56 Å². The molecule has 0 saturated heterocycles. The standard InChI is InChI=1S/C9H7F5/c10-8(11,9(12,13)14)6-7-4-2-1-3-5-7/h1-5H,6H2. The Morgan fingerprint density at radius 2 is 1.36 bits per heavy atom. The van der Waals surface area contributed by atoms with Crippen molar-refractivity contribution in [3.05, 3.63) is 35.9 Å². The molecule has 0 aliphatic heterocycles. The van der Waals surface area contributed by atoms with E-state index in [2.05, 4.69) is 0 Å². The van der Waals surface area contributed by atoms with Crippen molar-refractivity contribution in [2.24, 2.45) is 0 Å². The number of hydrogen-bond acceptors (Lipinski definition) is 0. The second-order valence-electron chi connectivity index (χ2n) is 2.86. The van der Waals surface area contributed by atoms with Crippen molar-refractivity contribution < 1.29 is 22.0 Å². The van der Waals surface area contributed by atoms with E-state index in [0.717, 1.165) is 0 Å². The molecule has 0 nitrogen and oxygen atoms in total. The van der Waals surface area contributed by atoms with Crippen LogP contribution in [0.2, 0.25) is 0 Å². The lowest BCUT2D eigenvalue weighted by Gasteiger charge is -2.19. The van der Waals surface area contributed by atoms with E-state index in [1.807, 2.05) is 0 Å². The highest BCUT2D eigenvalue weighted by atomic mass is 19.4. The van der Waals surface area contributed by atoms with Crippen molar-refractivity contribution in [3.8, 4) is 0 Å². The van der Waals surface area contributed by atoms with Crippen LogP contribution in [0.25, 0.3) is 0 Å². The third-order valence-electron chi connectivity index (χ3n) is 1.68. The Morgan fingerprint density at radius 3 is 1.79 bits per heavy atom. The molecule has 0 aliphatic rings. The first-order valence-corrected chi connectivity index (χ1v) is 3.81. The zero-order chi connectivity index (χ0) is 10.8. The van der Waals surface area contributed by atoms with E-state index in [0.29, 0.717) is 0 Å². The second kappa shape index (κ2) is 3.55. The van der Waals surface area contributed by atoms with Gasteiger partial charge in [0.25, 0.3) is 0 Å². The molecule has 0 heterocycles. The maximum absolute atomic E-state index is 12.5. The summed E-state index contributed by atoms with van der Waals surface area (Å²) in [6.07, 6.45) is -6.79. The average molecular weight is 210 g/mol. The van der Waals surface area contributed by atoms with Gasteiger partial charge in [0, 0.05) is 6.42 Å². The van der Waals surface area contributed by atoms with Crippen molar-refractivity contribution in [1.29, 1.82) is 0 Å². The zero-order valence-electron chi connectivity index (χ0n) is 6.98. The molecule has 0 unspecified atom stereocenters. The van der Waals surface area contributed by atoms with Crippen LogP contribution in [0.5, 0.6) is 0 Å². The summed E-state index contributed by atoms with van der Waals surface area (Å²) in [4.78, 5) is 0. The summed E-state index contributed by atoms with van der Waals surface area (Å²) < 4.78 is 60.3. The Bertz CT molecular complexity index is 288. The maximum atomic E-state index is 12.5. The summed E-state index contributed by atoms with van der Waals surface area (Å²) in [7, 11) is 0. The molecule has 0 radical (unpaired) electrons. The lowest BCUT2D eigenvalue weighted by molar-refractivity contribution is -0.281. The molecule has 1 aromatic carbocycles. The first-order valence-electron chi connectivity index (χ1n) is 3.81. The summed E-state index contributed by atoms with van der Waals surface area (Å²) in [6, 6.07) is 6.86. The van der Waals surface area contributed by atoms with E-state index in [-0.39, 0.29) is 5.56 Å². The summed E-state index contributed by atoms with van der Waals surface area (Å²) in [6.45, 7) is 0. The molecule has 0 amide bonds. The van der Waals surface area contributed by atoms with Crippen LogP contribution in [0, 0.1) is 0 Å². The van der Waals surface area contributed by atoms with Gasteiger partial charge in [0.15, 0.2) is 0 Å². The average Bonchev–Trinajstić information content (AvgIpc) is 2.03. The first kappa shape index (κ1) is 10.9. The van der Waals surface area contributed by atoms with E-state index in [1.54, 1.807) is 6.07 Å². The molecule has 0 aromatic heterocycles. The van der Waals surface area contributed by atoms with Crippen molar-refractivity contribution in [2.45, 2.75) is 18.5 Å². The lowest BCUT2D eigenvalue weighted by Crippen LogP contribution is -2.38. The molecule has 0 N–H and O–H groups in total. The number of halogens is 5. The Kier molecular flexibility index (Phi) is 2.78. The number of rotatable bonds is 2. The molecular formula is C9H7F5. The monoisotopic (exact) mass is 210 g/mol. The third-order valence-corrected chi connectivity index (χ3v) is 1.68. The minimum Gasteiger partial charge on any atom is -0.196 e. The topological polar surface area (TPSA) is 0 Å². The zero-order valence-corrected chi connectivity index (χ0v) is 6.98. The van der Waals surface area contributed by atoms with E-state index in [9.17, 15) is 22.0 Å². The fourth-order valence-corrected chi connectivity index (χ4v) is 0.952.